The molecule has 9 aromatic rings. The molecule has 42 heavy (non-hydrogen) atoms. The molecule has 9 rings (SSSR count). The summed E-state index contributed by atoms with van der Waals surface area (Å²) in [6.45, 7) is 0. The van der Waals surface area contributed by atoms with Gasteiger partial charge in [-0.3, -0.25) is 0 Å². The molecule has 0 radical (unpaired) electrons. The summed E-state index contributed by atoms with van der Waals surface area (Å²) >= 11 is 1.87. The van der Waals surface area contributed by atoms with Gasteiger partial charge in [-0.15, -0.1) is 11.3 Å². The highest BCUT2D eigenvalue weighted by Gasteiger charge is 2.15. The van der Waals surface area contributed by atoms with Gasteiger partial charge in [-0.2, -0.15) is 0 Å². The summed E-state index contributed by atoms with van der Waals surface area (Å²) in [7, 11) is 0. The van der Waals surface area contributed by atoms with E-state index in [1.807, 2.05) is 11.3 Å². The van der Waals surface area contributed by atoms with Crippen molar-refractivity contribution in [1.29, 1.82) is 0 Å². The fraction of sp³-hybridized carbons (Fsp3) is 0. The molecule has 1 nitrogen and oxygen atoms in total. The van der Waals surface area contributed by atoms with E-state index in [-0.39, 0.29) is 0 Å². The molecule has 196 valence electrons. The third-order valence-electron chi connectivity index (χ3n) is 8.56. The molecule has 0 bridgehead atoms. The minimum Gasteiger partial charge on any atom is -0.310 e. The summed E-state index contributed by atoms with van der Waals surface area (Å²) in [6, 6.07) is 55.6. The number of fused-ring (bicyclic) bond motifs is 9. The molecule has 0 amide bonds. The number of hydrogen-bond donors (Lipinski definition) is 0. The van der Waals surface area contributed by atoms with Crippen molar-refractivity contribution >= 4 is 91.7 Å². The van der Waals surface area contributed by atoms with Crippen LogP contribution in [0, 0.1) is 0 Å². The Balaban J connectivity index is 1.25. The first-order valence-corrected chi connectivity index (χ1v) is 15.2. The summed E-state index contributed by atoms with van der Waals surface area (Å²) < 4.78 is 2.67. The third-order valence-corrected chi connectivity index (χ3v) is 9.69. The minimum absolute atomic E-state index is 1.14. The van der Waals surface area contributed by atoms with Crippen LogP contribution in [0.1, 0.15) is 0 Å². The number of thiophene rings is 1. The van der Waals surface area contributed by atoms with Crippen molar-refractivity contribution in [2.75, 3.05) is 4.90 Å². The second-order valence-electron chi connectivity index (χ2n) is 11.0. The van der Waals surface area contributed by atoms with Crippen molar-refractivity contribution in [2.24, 2.45) is 0 Å². The average molecular weight is 552 g/mol. The number of para-hydroxylation sites is 1. The van der Waals surface area contributed by atoms with Crippen LogP contribution >= 0.6 is 11.3 Å². The Morgan fingerprint density at radius 3 is 1.86 bits per heavy atom. The molecule has 1 heterocycles. The molecule has 0 aliphatic carbocycles. The predicted molar refractivity (Wildman–Crippen MR) is 184 cm³/mol. The number of nitrogens with zero attached hydrogens (tertiary/aromatic N) is 1. The lowest BCUT2D eigenvalue weighted by atomic mass is 9.96. The first-order chi connectivity index (χ1) is 20.8. The Morgan fingerprint density at radius 1 is 0.333 bits per heavy atom. The van der Waals surface area contributed by atoms with Crippen LogP contribution in [-0.2, 0) is 0 Å². The van der Waals surface area contributed by atoms with Crippen LogP contribution in [-0.4, -0.2) is 0 Å². The van der Waals surface area contributed by atoms with Gasteiger partial charge in [0.05, 0.1) is 0 Å². The van der Waals surface area contributed by atoms with Crippen LogP contribution in [0.15, 0.2) is 152 Å². The van der Waals surface area contributed by atoms with E-state index in [4.69, 9.17) is 0 Å². The lowest BCUT2D eigenvalue weighted by Crippen LogP contribution is -2.09. The molecular weight excluding hydrogens is 527 g/mol. The van der Waals surface area contributed by atoms with Gasteiger partial charge in [-0.1, -0.05) is 97.1 Å². The zero-order chi connectivity index (χ0) is 27.6. The van der Waals surface area contributed by atoms with Crippen molar-refractivity contribution in [3.05, 3.63) is 152 Å². The van der Waals surface area contributed by atoms with Crippen molar-refractivity contribution in [3.63, 3.8) is 0 Å². The molecule has 0 saturated heterocycles. The number of benzene rings is 8. The SMILES string of the molecule is c1ccc(N(c2ccc3cc4c(cc3c2)sc2ccccc24)c2ccc3c(ccc4ccc5ccccc5c43)c2)cc1. The molecule has 8 aromatic carbocycles. The Labute approximate surface area is 247 Å². The van der Waals surface area contributed by atoms with E-state index in [2.05, 4.69) is 157 Å². The van der Waals surface area contributed by atoms with Gasteiger partial charge in [0, 0.05) is 37.2 Å². The number of hydrogen-bond acceptors (Lipinski definition) is 2. The normalized spacial score (nSPS) is 11.8. The first kappa shape index (κ1) is 23.5. The summed E-state index contributed by atoms with van der Waals surface area (Å²) in [5, 5.41) is 12.9. The number of rotatable bonds is 3. The molecule has 0 N–H and O–H groups in total. The van der Waals surface area contributed by atoms with Crippen molar-refractivity contribution in [3.8, 4) is 0 Å². The summed E-state index contributed by atoms with van der Waals surface area (Å²) in [5.74, 6) is 0. The van der Waals surface area contributed by atoms with E-state index in [1.165, 1.54) is 63.3 Å². The standard InChI is InChI=1S/C40H25NS/c1-2-9-31(10-3-1)41(32-19-18-28-24-37-36-12-6-7-13-38(36)42-39(37)25-30(28)23-32)33-20-21-35-29(22-33)17-16-27-15-14-26-8-4-5-11-34(26)40(27)35/h1-25H. The largest absolute Gasteiger partial charge is 0.310 e. The molecule has 0 saturated carbocycles. The van der Waals surface area contributed by atoms with Crippen molar-refractivity contribution < 1.29 is 0 Å². The van der Waals surface area contributed by atoms with E-state index < -0.39 is 0 Å². The maximum Gasteiger partial charge on any atom is 0.0468 e. The van der Waals surface area contributed by atoms with Gasteiger partial charge in [0.15, 0.2) is 0 Å². The summed E-state index contributed by atoms with van der Waals surface area (Å²) in [6.07, 6.45) is 0. The van der Waals surface area contributed by atoms with E-state index in [9.17, 15) is 0 Å². The predicted octanol–water partition coefficient (Wildman–Crippen LogP) is 12.1. The average Bonchev–Trinajstić information content (AvgIpc) is 3.41. The zero-order valence-electron chi connectivity index (χ0n) is 22.8. The van der Waals surface area contributed by atoms with Gasteiger partial charge in [0.25, 0.3) is 0 Å². The molecule has 1 aromatic heterocycles. The third kappa shape index (κ3) is 3.62. The van der Waals surface area contributed by atoms with E-state index in [0.717, 1.165) is 17.1 Å². The molecule has 0 aliphatic heterocycles. The fourth-order valence-electron chi connectivity index (χ4n) is 6.58. The maximum atomic E-state index is 2.38. The Kier molecular flexibility index (Phi) is 5.13. The van der Waals surface area contributed by atoms with Gasteiger partial charge >= 0.3 is 0 Å². The van der Waals surface area contributed by atoms with Crippen LogP contribution in [0.5, 0.6) is 0 Å². The van der Waals surface area contributed by atoms with E-state index >= 15 is 0 Å². The Hall–Kier alpha value is -5.18. The zero-order valence-corrected chi connectivity index (χ0v) is 23.6. The molecule has 2 heteroatoms. The summed E-state index contributed by atoms with van der Waals surface area (Å²) in [4.78, 5) is 2.38. The highest BCUT2D eigenvalue weighted by Crippen LogP contribution is 2.41. The Morgan fingerprint density at radius 2 is 0.976 bits per heavy atom. The van der Waals surface area contributed by atoms with E-state index in [1.54, 1.807) is 0 Å². The second kappa shape index (κ2) is 9.17. The van der Waals surface area contributed by atoms with Gasteiger partial charge in [-0.05, 0) is 97.7 Å². The summed E-state index contributed by atoms with van der Waals surface area (Å²) in [5.41, 5.74) is 3.45. The van der Waals surface area contributed by atoms with Crippen LogP contribution in [0.3, 0.4) is 0 Å². The first-order valence-electron chi connectivity index (χ1n) is 14.3. The smallest absolute Gasteiger partial charge is 0.0468 e. The molecule has 0 aliphatic rings. The topological polar surface area (TPSA) is 3.24 Å². The lowest BCUT2D eigenvalue weighted by molar-refractivity contribution is 1.29. The highest BCUT2D eigenvalue weighted by atomic mass is 32.1. The van der Waals surface area contributed by atoms with Gasteiger partial charge in [0.2, 0.25) is 0 Å². The van der Waals surface area contributed by atoms with Crippen molar-refractivity contribution in [2.45, 2.75) is 0 Å². The monoisotopic (exact) mass is 551 g/mol. The van der Waals surface area contributed by atoms with Crippen LogP contribution in [0.4, 0.5) is 17.1 Å². The second-order valence-corrected chi connectivity index (χ2v) is 12.1. The van der Waals surface area contributed by atoms with Crippen LogP contribution in [0.25, 0.3) is 63.3 Å². The molecular formula is C40H25NS. The van der Waals surface area contributed by atoms with Crippen LogP contribution in [0.2, 0.25) is 0 Å². The minimum atomic E-state index is 1.14. The molecule has 0 fully saturated rings. The van der Waals surface area contributed by atoms with Crippen LogP contribution < -0.4 is 4.90 Å². The van der Waals surface area contributed by atoms with Gasteiger partial charge in [-0.25, -0.2) is 0 Å². The fourth-order valence-corrected chi connectivity index (χ4v) is 7.72. The number of anilines is 3. The Bertz CT molecular complexity index is 2470. The van der Waals surface area contributed by atoms with Crippen molar-refractivity contribution in [1.82, 2.24) is 0 Å². The maximum absolute atomic E-state index is 2.38. The highest BCUT2D eigenvalue weighted by molar-refractivity contribution is 7.25. The lowest BCUT2D eigenvalue weighted by Gasteiger charge is -2.26. The molecule has 0 unspecified atom stereocenters. The molecule has 0 atom stereocenters. The van der Waals surface area contributed by atoms with Gasteiger partial charge in [0.1, 0.15) is 0 Å². The molecule has 0 spiro atoms. The van der Waals surface area contributed by atoms with Gasteiger partial charge < -0.3 is 4.90 Å². The van der Waals surface area contributed by atoms with E-state index in [0.29, 0.717) is 0 Å². The quantitative estimate of drug-likeness (QED) is 0.197.